The van der Waals surface area contributed by atoms with Gasteiger partial charge in [0.1, 0.15) is 0 Å². The van der Waals surface area contributed by atoms with E-state index < -0.39 is 0 Å². The fraction of sp³-hybridized carbons (Fsp3) is 0.500. The van der Waals surface area contributed by atoms with E-state index in [1.165, 1.54) is 35.0 Å². The molecule has 1 N–H and O–H groups in total. The van der Waals surface area contributed by atoms with Crippen molar-refractivity contribution in [3.05, 3.63) is 33.8 Å². The second-order valence-electron chi connectivity index (χ2n) is 4.05. The van der Waals surface area contributed by atoms with Crippen LogP contribution in [0.1, 0.15) is 29.9 Å². The Morgan fingerprint density at radius 3 is 2.93 bits per heavy atom. The van der Waals surface area contributed by atoms with Crippen LogP contribution in [-0.4, -0.2) is 13.1 Å². The number of rotatable bonds is 1. The molecular weight excluding hydrogens is 238 g/mol. The summed E-state index contributed by atoms with van der Waals surface area (Å²) in [5, 5.41) is 3.45. The Hall–Kier alpha value is -0.340. The smallest absolute Gasteiger partial charge is 0.0207 e. The van der Waals surface area contributed by atoms with Crippen LogP contribution < -0.4 is 5.32 Å². The Balaban J connectivity index is 2.18. The summed E-state index contributed by atoms with van der Waals surface area (Å²) < 4.78 is 1.24. The van der Waals surface area contributed by atoms with Gasteiger partial charge in [-0.15, -0.1) is 0 Å². The van der Waals surface area contributed by atoms with Crippen LogP contribution in [0.3, 0.4) is 0 Å². The molecule has 1 aromatic rings. The lowest BCUT2D eigenvalue weighted by atomic mass is 9.91. The topological polar surface area (TPSA) is 12.0 Å². The molecule has 0 unspecified atom stereocenters. The molecule has 2 rings (SSSR count). The van der Waals surface area contributed by atoms with Gasteiger partial charge in [0.2, 0.25) is 0 Å². The molecule has 1 aliphatic heterocycles. The molecule has 0 aromatic heterocycles. The maximum absolute atomic E-state index is 3.59. The summed E-state index contributed by atoms with van der Waals surface area (Å²) in [6, 6.07) is 6.73. The first-order valence-electron chi connectivity index (χ1n) is 5.24. The van der Waals surface area contributed by atoms with E-state index in [0.29, 0.717) is 5.92 Å². The summed E-state index contributed by atoms with van der Waals surface area (Å²) in [7, 11) is 0. The van der Waals surface area contributed by atoms with Gasteiger partial charge in [-0.3, -0.25) is 0 Å². The molecule has 2 heteroatoms. The second kappa shape index (κ2) is 4.45. The van der Waals surface area contributed by atoms with Crippen molar-refractivity contribution in [2.75, 3.05) is 13.1 Å². The zero-order chi connectivity index (χ0) is 9.97. The predicted octanol–water partition coefficient (Wildman–Crippen LogP) is 3.22. The van der Waals surface area contributed by atoms with Crippen molar-refractivity contribution in [1.82, 2.24) is 5.32 Å². The summed E-state index contributed by atoms with van der Waals surface area (Å²) in [5.41, 5.74) is 2.78. The Morgan fingerprint density at radius 2 is 2.29 bits per heavy atom. The second-order valence-corrected chi connectivity index (χ2v) is 4.91. The third kappa shape index (κ3) is 2.18. The van der Waals surface area contributed by atoms with Crippen molar-refractivity contribution >= 4 is 15.9 Å². The molecule has 76 valence electrons. The molecule has 1 saturated heterocycles. The maximum atomic E-state index is 3.59. The average Bonchev–Trinajstić information content (AvgIpc) is 2.23. The van der Waals surface area contributed by atoms with E-state index in [1.807, 2.05) is 0 Å². The summed E-state index contributed by atoms with van der Waals surface area (Å²) >= 11 is 3.59. The normalized spacial score (nSPS) is 22.3. The fourth-order valence-corrected chi connectivity index (χ4v) is 2.40. The highest BCUT2D eigenvalue weighted by molar-refractivity contribution is 9.10. The zero-order valence-electron chi connectivity index (χ0n) is 8.52. The molecule has 1 heterocycles. The van der Waals surface area contributed by atoms with E-state index in [0.717, 1.165) is 6.54 Å². The molecule has 0 spiro atoms. The van der Waals surface area contributed by atoms with Crippen LogP contribution in [0.5, 0.6) is 0 Å². The fourth-order valence-electron chi connectivity index (χ4n) is 2.00. The largest absolute Gasteiger partial charge is 0.316 e. The molecule has 1 nitrogen and oxygen atoms in total. The molecule has 14 heavy (non-hydrogen) atoms. The van der Waals surface area contributed by atoms with Crippen molar-refractivity contribution in [3.63, 3.8) is 0 Å². The maximum Gasteiger partial charge on any atom is 0.0207 e. The summed E-state index contributed by atoms with van der Waals surface area (Å²) in [6.45, 7) is 4.45. The molecule has 1 atom stereocenters. The zero-order valence-corrected chi connectivity index (χ0v) is 10.1. The van der Waals surface area contributed by atoms with Gasteiger partial charge >= 0.3 is 0 Å². The Labute approximate surface area is 94.0 Å². The molecule has 0 saturated carbocycles. The van der Waals surface area contributed by atoms with E-state index in [9.17, 15) is 0 Å². The molecule has 1 aromatic carbocycles. The Bertz CT molecular complexity index is 316. The Kier molecular flexibility index (Phi) is 3.24. The minimum Gasteiger partial charge on any atom is -0.316 e. The van der Waals surface area contributed by atoms with Crippen molar-refractivity contribution in [3.8, 4) is 0 Å². The molecule has 0 aliphatic carbocycles. The van der Waals surface area contributed by atoms with Crippen LogP contribution in [0.4, 0.5) is 0 Å². The lowest BCUT2D eigenvalue weighted by Crippen LogP contribution is -2.28. The quantitative estimate of drug-likeness (QED) is 0.811. The van der Waals surface area contributed by atoms with Crippen LogP contribution in [0.2, 0.25) is 0 Å². The van der Waals surface area contributed by atoms with Crippen LogP contribution in [-0.2, 0) is 0 Å². The summed E-state index contributed by atoms with van der Waals surface area (Å²) in [4.78, 5) is 0. The van der Waals surface area contributed by atoms with Gasteiger partial charge in [0, 0.05) is 11.0 Å². The molecule has 1 aliphatic rings. The summed E-state index contributed by atoms with van der Waals surface area (Å²) in [6.07, 6.45) is 2.62. The number of aryl methyl sites for hydroxylation is 1. The number of hydrogen-bond donors (Lipinski definition) is 1. The number of hydrogen-bond acceptors (Lipinski definition) is 1. The number of piperidine rings is 1. The molecule has 0 radical (unpaired) electrons. The van der Waals surface area contributed by atoms with Gasteiger partial charge in [-0.2, -0.15) is 0 Å². The lowest BCUT2D eigenvalue weighted by Gasteiger charge is -2.23. The van der Waals surface area contributed by atoms with Gasteiger partial charge in [0.25, 0.3) is 0 Å². The standard InChI is InChI=1S/C12H16BrN/c1-9-4-5-10(7-12(9)13)11-3-2-6-14-8-11/h4-5,7,11,14H,2-3,6,8H2,1H3/t11-/m0/s1. The molecule has 0 amide bonds. The van der Waals surface area contributed by atoms with E-state index >= 15 is 0 Å². The first-order valence-corrected chi connectivity index (χ1v) is 6.03. The molecule has 0 bridgehead atoms. The van der Waals surface area contributed by atoms with Gasteiger partial charge in [0.15, 0.2) is 0 Å². The molecular formula is C12H16BrN. The van der Waals surface area contributed by atoms with E-state index in [1.54, 1.807) is 0 Å². The third-order valence-corrected chi connectivity index (χ3v) is 3.82. The van der Waals surface area contributed by atoms with Crippen LogP contribution in [0.15, 0.2) is 22.7 Å². The van der Waals surface area contributed by atoms with Crippen LogP contribution in [0, 0.1) is 6.92 Å². The van der Waals surface area contributed by atoms with E-state index in [-0.39, 0.29) is 0 Å². The number of nitrogens with one attached hydrogen (secondary N) is 1. The van der Waals surface area contributed by atoms with E-state index in [4.69, 9.17) is 0 Å². The van der Waals surface area contributed by atoms with Crippen molar-refractivity contribution in [1.29, 1.82) is 0 Å². The Morgan fingerprint density at radius 1 is 1.43 bits per heavy atom. The van der Waals surface area contributed by atoms with Crippen LogP contribution >= 0.6 is 15.9 Å². The predicted molar refractivity (Wildman–Crippen MR) is 63.7 cm³/mol. The van der Waals surface area contributed by atoms with Gasteiger partial charge in [-0.05, 0) is 49.4 Å². The third-order valence-electron chi connectivity index (χ3n) is 2.96. The molecule has 1 fully saturated rings. The first-order chi connectivity index (χ1) is 6.77. The van der Waals surface area contributed by atoms with Crippen molar-refractivity contribution in [2.24, 2.45) is 0 Å². The highest BCUT2D eigenvalue weighted by Gasteiger charge is 2.15. The van der Waals surface area contributed by atoms with E-state index in [2.05, 4.69) is 46.4 Å². The van der Waals surface area contributed by atoms with Crippen molar-refractivity contribution < 1.29 is 0 Å². The van der Waals surface area contributed by atoms with Gasteiger partial charge in [0.05, 0.1) is 0 Å². The summed E-state index contributed by atoms with van der Waals surface area (Å²) in [5.74, 6) is 0.709. The van der Waals surface area contributed by atoms with Crippen LogP contribution in [0.25, 0.3) is 0 Å². The minimum atomic E-state index is 0.709. The minimum absolute atomic E-state index is 0.709. The average molecular weight is 254 g/mol. The highest BCUT2D eigenvalue weighted by Crippen LogP contribution is 2.27. The van der Waals surface area contributed by atoms with Gasteiger partial charge in [-0.1, -0.05) is 28.1 Å². The monoisotopic (exact) mass is 253 g/mol. The SMILES string of the molecule is Cc1ccc([C@H]2CCCNC2)cc1Br. The number of halogens is 1. The first kappa shape index (κ1) is 10.2. The highest BCUT2D eigenvalue weighted by atomic mass is 79.9. The number of benzene rings is 1. The lowest BCUT2D eigenvalue weighted by molar-refractivity contribution is 0.461. The van der Waals surface area contributed by atoms with Crippen molar-refractivity contribution in [2.45, 2.75) is 25.7 Å². The van der Waals surface area contributed by atoms with Gasteiger partial charge < -0.3 is 5.32 Å². The van der Waals surface area contributed by atoms with Gasteiger partial charge in [-0.25, -0.2) is 0 Å².